The lowest BCUT2D eigenvalue weighted by atomic mass is 10.1. The van der Waals surface area contributed by atoms with E-state index in [-0.39, 0.29) is 0 Å². The summed E-state index contributed by atoms with van der Waals surface area (Å²) < 4.78 is 1.80. The van der Waals surface area contributed by atoms with Crippen LogP contribution >= 0.6 is 0 Å². The monoisotopic (exact) mass is 242 g/mol. The van der Waals surface area contributed by atoms with Crippen molar-refractivity contribution in [1.82, 2.24) is 9.78 Å². The number of aromatic nitrogens is 2. The van der Waals surface area contributed by atoms with Crippen LogP contribution in [-0.4, -0.2) is 16.1 Å². The second kappa shape index (κ2) is 5.17. The second-order valence-electron chi connectivity index (χ2n) is 4.81. The number of benzene rings is 1. The molecule has 18 heavy (non-hydrogen) atoms. The van der Waals surface area contributed by atoms with Crippen LogP contribution in [0.15, 0.2) is 30.3 Å². The molecule has 2 aromatic rings. The summed E-state index contributed by atoms with van der Waals surface area (Å²) in [6.45, 7) is 6.80. The largest absolute Gasteiger partial charge is 0.296 e. The van der Waals surface area contributed by atoms with E-state index in [0.29, 0.717) is 18.2 Å². The third-order valence-corrected chi connectivity index (χ3v) is 3.11. The molecule has 0 fully saturated rings. The molecule has 0 saturated carbocycles. The first kappa shape index (κ1) is 12.6. The van der Waals surface area contributed by atoms with Crippen molar-refractivity contribution in [2.75, 3.05) is 0 Å². The Morgan fingerprint density at radius 3 is 2.50 bits per heavy atom. The first-order valence-electron chi connectivity index (χ1n) is 6.20. The van der Waals surface area contributed by atoms with Crippen LogP contribution in [0, 0.1) is 6.92 Å². The predicted molar refractivity (Wildman–Crippen MR) is 72.0 cm³/mol. The van der Waals surface area contributed by atoms with E-state index < -0.39 is 0 Å². The number of nitrogens with zero attached hydrogens (tertiary/aromatic N) is 2. The van der Waals surface area contributed by atoms with E-state index in [9.17, 15) is 4.79 Å². The summed E-state index contributed by atoms with van der Waals surface area (Å²) in [4.78, 5) is 11.2. The fourth-order valence-electron chi connectivity index (χ4n) is 2.16. The molecule has 0 atom stereocenters. The minimum absolute atomic E-state index is 0.334. The first-order chi connectivity index (χ1) is 8.63. The molecular formula is C15H18N2O. The highest BCUT2D eigenvalue weighted by atomic mass is 16.1. The Morgan fingerprint density at radius 2 is 1.94 bits per heavy atom. The van der Waals surface area contributed by atoms with Crippen molar-refractivity contribution >= 4 is 6.29 Å². The predicted octanol–water partition coefficient (Wildman–Crippen LogP) is 3.18. The molecule has 1 heterocycles. The van der Waals surface area contributed by atoms with Crippen LogP contribution in [0.25, 0.3) is 0 Å². The average Bonchev–Trinajstić information content (AvgIpc) is 2.67. The zero-order valence-corrected chi connectivity index (χ0v) is 11.1. The van der Waals surface area contributed by atoms with E-state index >= 15 is 0 Å². The lowest BCUT2D eigenvalue weighted by molar-refractivity contribution is 0.111. The van der Waals surface area contributed by atoms with Crippen molar-refractivity contribution in [2.24, 2.45) is 0 Å². The van der Waals surface area contributed by atoms with E-state index in [4.69, 9.17) is 0 Å². The third-order valence-electron chi connectivity index (χ3n) is 3.11. The Kier molecular flexibility index (Phi) is 3.60. The average molecular weight is 242 g/mol. The van der Waals surface area contributed by atoms with E-state index in [1.165, 1.54) is 0 Å². The van der Waals surface area contributed by atoms with Crippen molar-refractivity contribution in [3.8, 4) is 0 Å². The van der Waals surface area contributed by atoms with Crippen LogP contribution in [0.2, 0.25) is 0 Å². The summed E-state index contributed by atoms with van der Waals surface area (Å²) in [5.41, 5.74) is 3.84. The van der Waals surface area contributed by atoms with Crippen molar-refractivity contribution in [3.05, 3.63) is 52.8 Å². The van der Waals surface area contributed by atoms with E-state index in [1.54, 1.807) is 4.68 Å². The molecule has 0 aliphatic carbocycles. The first-order valence-corrected chi connectivity index (χ1v) is 6.20. The standard InChI is InChI=1S/C15H18N2O/c1-11(2)15-12(3)14(10-18)17(16-15)9-13-7-5-4-6-8-13/h4-8,10-11H,9H2,1-3H3. The van der Waals surface area contributed by atoms with Gasteiger partial charge in [-0.1, -0.05) is 44.2 Å². The van der Waals surface area contributed by atoms with Gasteiger partial charge in [0.25, 0.3) is 0 Å². The quantitative estimate of drug-likeness (QED) is 0.772. The van der Waals surface area contributed by atoms with Crippen molar-refractivity contribution < 1.29 is 4.79 Å². The van der Waals surface area contributed by atoms with Gasteiger partial charge in [-0.2, -0.15) is 5.10 Å². The fourth-order valence-corrected chi connectivity index (χ4v) is 2.16. The summed E-state index contributed by atoms with van der Waals surface area (Å²) in [6, 6.07) is 10.1. The molecule has 0 bridgehead atoms. The van der Waals surface area contributed by atoms with Gasteiger partial charge in [0.05, 0.1) is 12.2 Å². The Morgan fingerprint density at radius 1 is 1.28 bits per heavy atom. The number of aldehydes is 1. The van der Waals surface area contributed by atoms with Crippen LogP contribution in [0.3, 0.4) is 0 Å². The van der Waals surface area contributed by atoms with Crippen molar-refractivity contribution in [3.63, 3.8) is 0 Å². The fraction of sp³-hybridized carbons (Fsp3) is 0.333. The lowest BCUT2D eigenvalue weighted by Crippen LogP contribution is -2.06. The number of hydrogen-bond donors (Lipinski definition) is 0. The summed E-state index contributed by atoms with van der Waals surface area (Å²) >= 11 is 0. The summed E-state index contributed by atoms with van der Waals surface area (Å²) in [5, 5.41) is 4.56. The third kappa shape index (κ3) is 2.35. The summed E-state index contributed by atoms with van der Waals surface area (Å²) in [7, 11) is 0. The van der Waals surface area contributed by atoms with Crippen LogP contribution in [-0.2, 0) is 6.54 Å². The molecule has 0 saturated heterocycles. The van der Waals surface area contributed by atoms with Gasteiger partial charge in [0.1, 0.15) is 5.69 Å². The molecule has 0 spiro atoms. The molecule has 0 aliphatic rings. The molecule has 94 valence electrons. The minimum atomic E-state index is 0.334. The number of carbonyl (C=O) groups excluding carboxylic acids is 1. The second-order valence-corrected chi connectivity index (χ2v) is 4.81. The molecule has 0 radical (unpaired) electrons. The van der Waals surface area contributed by atoms with Crippen LogP contribution in [0.5, 0.6) is 0 Å². The molecular weight excluding hydrogens is 224 g/mol. The van der Waals surface area contributed by atoms with Gasteiger partial charge in [-0.15, -0.1) is 0 Å². The Balaban J connectivity index is 2.39. The van der Waals surface area contributed by atoms with Crippen LogP contribution in [0.1, 0.15) is 47.1 Å². The molecule has 0 N–H and O–H groups in total. The van der Waals surface area contributed by atoms with Gasteiger partial charge in [-0.25, -0.2) is 0 Å². The molecule has 0 amide bonds. The lowest BCUT2D eigenvalue weighted by Gasteiger charge is -2.03. The normalized spacial score (nSPS) is 10.9. The van der Waals surface area contributed by atoms with Gasteiger partial charge in [-0.05, 0) is 18.4 Å². The maximum atomic E-state index is 11.2. The smallest absolute Gasteiger partial charge is 0.168 e. The molecule has 0 unspecified atom stereocenters. The maximum absolute atomic E-state index is 11.2. The van der Waals surface area contributed by atoms with Gasteiger partial charge in [0.15, 0.2) is 6.29 Å². The topological polar surface area (TPSA) is 34.9 Å². The Labute approximate surface area is 107 Å². The highest BCUT2D eigenvalue weighted by molar-refractivity contribution is 5.75. The summed E-state index contributed by atoms with van der Waals surface area (Å²) in [5.74, 6) is 0.334. The van der Waals surface area contributed by atoms with Crippen molar-refractivity contribution in [1.29, 1.82) is 0 Å². The van der Waals surface area contributed by atoms with Crippen LogP contribution in [0.4, 0.5) is 0 Å². The SMILES string of the molecule is Cc1c(C(C)C)nn(Cc2ccccc2)c1C=O. The van der Waals surface area contributed by atoms with Gasteiger partial charge in [-0.3, -0.25) is 9.48 Å². The van der Waals surface area contributed by atoms with Gasteiger partial charge >= 0.3 is 0 Å². The molecule has 2 rings (SSSR count). The zero-order chi connectivity index (χ0) is 13.1. The van der Waals surface area contributed by atoms with Crippen molar-refractivity contribution in [2.45, 2.75) is 33.2 Å². The minimum Gasteiger partial charge on any atom is -0.296 e. The van der Waals surface area contributed by atoms with Gasteiger partial charge < -0.3 is 0 Å². The van der Waals surface area contributed by atoms with Gasteiger partial charge in [0, 0.05) is 5.56 Å². The Bertz CT molecular complexity index is 541. The number of hydrogen-bond acceptors (Lipinski definition) is 2. The maximum Gasteiger partial charge on any atom is 0.168 e. The molecule has 0 aliphatic heterocycles. The molecule has 1 aromatic heterocycles. The highest BCUT2D eigenvalue weighted by Gasteiger charge is 2.15. The molecule has 3 heteroatoms. The summed E-state index contributed by atoms with van der Waals surface area (Å²) in [6.07, 6.45) is 0.900. The molecule has 3 nitrogen and oxygen atoms in total. The van der Waals surface area contributed by atoms with Gasteiger partial charge in [0.2, 0.25) is 0 Å². The Hall–Kier alpha value is -1.90. The number of carbonyl (C=O) groups is 1. The van der Waals surface area contributed by atoms with E-state index in [2.05, 4.69) is 18.9 Å². The van der Waals surface area contributed by atoms with Crippen LogP contribution < -0.4 is 0 Å². The zero-order valence-electron chi connectivity index (χ0n) is 11.1. The molecule has 1 aromatic carbocycles. The highest BCUT2D eigenvalue weighted by Crippen LogP contribution is 2.20. The van der Waals surface area contributed by atoms with E-state index in [1.807, 2.05) is 37.3 Å². The van der Waals surface area contributed by atoms with E-state index in [0.717, 1.165) is 23.1 Å². The number of rotatable bonds is 4.